The van der Waals surface area contributed by atoms with Crippen LogP contribution in [0.25, 0.3) is 17.1 Å². The fourth-order valence-corrected chi connectivity index (χ4v) is 3.58. The van der Waals surface area contributed by atoms with Crippen molar-refractivity contribution in [2.45, 2.75) is 0 Å². The maximum atomic E-state index is 14.1. The maximum Gasteiger partial charge on any atom is 0.295 e. The summed E-state index contributed by atoms with van der Waals surface area (Å²) in [5.74, 6) is -6.11. The molecule has 192 valence electrons. The second kappa shape index (κ2) is 10.3. The summed E-state index contributed by atoms with van der Waals surface area (Å²) in [6.07, 6.45) is 0. The van der Waals surface area contributed by atoms with E-state index in [0.717, 1.165) is 12.1 Å². The van der Waals surface area contributed by atoms with E-state index < -0.39 is 40.7 Å². The highest BCUT2D eigenvalue weighted by Gasteiger charge is 2.24. The van der Waals surface area contributed by atoms with Crippen molar-refractivity contribution in [2.24, 2.45) is 0 Å². The first-order chi connectivity index (χ1) is 17.7. The topological polar surface area (TPSA) is 87.5 Å². The molecule has 0 bridgehead atoms. The molecule has 0 spiro atoms. The van der Waals surface area contributed by atoms with E-state index in [1.54, 1.807) is 0 Å². The molecule has 0 aliphatic carbocycles. The zero-order valence-corrected chi connectivity index (χ0v) is 20.2. The van der Waals surface area contributed by atoms with E-state index >= 15 is 0 Å². The van der Waals surface area contributed by atoms with E-state index in [1.165, 1.54) is 50.3 Å². The Hall–Kier alpha value is -4.32. The number of nitrogens with one attached hydrogen (secondary N) is 1. The number of nitrogens with zero attached hydrogens (tertiary/aromatic N) is 3. The van der Waals surface area contributed by atoms with Gasteiger partial charge in [0.15, 0.2) is 34.8 Å². The molecule has 1 N–H and O–H groups in total. The minimum absolute atomic E-state index is 0.0536. The number of hydrogen-bond acceptors (Lipinski definition) is 6. The van der Waals surface area contributed by atoms with E-state index in [0.29, 0.717) is 11.6 Å². The van der Waals surface area contributed by atoms with E-state index in [2.05, 4.69) is 15.4 Å². The van der Waals surface area contributed by atoms with Gasteiger partial charge in [0.25, 0.3) is 5.91 Å². The van der Waals surface area contributed by atoms with Crippen LogP contribution in [0.3, 0.4) is 0 Å². The zero-order chi connectivity index (χ0) is 26.9. The van der Waals surface area contributed by atoms with Crippen molar-refractivity contribution in [1.82, 2.24) is 14.8 Å². The minimum Gasteiger partial charge on any atom is -0.493 e. The molecule has 1 amide bonds. The molecule has 1 aromatic heterocycles. The Kier molecular flexibility index (Phi) is 7.21. The molecule has 0 saturated heterocycles. The molecule has 1 heterocycles. The van der Waals surface area contributed by atoms with Crippen molar-refractivity contribution < 1.29 is 36.6 Å². The molecule has 0 aliphatic heterocycles. The van der Waals surface area contributed by atoms with Crippen LogP contribution < -0.4 is 19.5 Å². The normalized spacial score (nSPS) is 10.8. The lowest BCUT2D eigenvalue weighted by Crippen LogP contribution is -2.16. The number of hydrogen-bond donors (Lipinski definition) is 1. The predicted molar refractivity (Wildman–Crippen MR) is 126 cm³/mol. The van der Waals surface area contributed by atoms with Crippen molar-refractivity contribution in [2.75, 3.05) is 26.6 Å². The number of rotatable bonds is 7. The highest BCUT2D eigenvalue weighted by Crippen LogP contribution is 2.41. The van der Waals surface area contributed by atoms with Gasteiger partial charge in [0.2, 0.25) is 11.6 Å². The third-order valence-electron chi connectivity index (χ3n) is 5.16. The summed E-state index contributed by atoms with van der Waals surface area (Å²) in [4.78, 5) is 17.1. The maximum absolute atomic E-state index is 14.1. The quantitative estimate of drug-likeness (QED) is 0.251. The van der Waals surface area contributed by atoms with Crippen LogP contribution in [0.2, 0.25) is 5.02 Å². The molecule has 13 heteroatoms. The SMILES string of the molecule is COc1cc(-c2nc(C(=O)Nc3ccc(F)c(F)c3F)nn2-c2ccc(F)c(Cl)c2)cc(OC)c1OC. The van der Waals surface area contributed by atoms with Crippen LogP contribution in [0.4, 0.5) is 23.2 Å². The average Bonchev–Trinajstić information content (AvgIpc) is 3.35. The van der Waals surface area contributed by atoms with Crippen molar-refractivity contribution in [3.05, 3.63) is 76.6 Å². The lowest BCUT2D eigenvalue weighted by Gasteiger charge is -2.14. The zero-order valence-electron chi connectivity index (χ0n) is 19.4. The highest BCUT2D eigenvalue weighted by atomic mass is 35.5. The summed E-state index contributed by atoms with van der Waals surface area (Å²) in [7, 11) is 4.23. The first-order valence-electron chi connectivity index (χ1n) is 10.4. The van der Waals surface area contributed by atoms with Gasteiger partial charge in [-0.05, 0) is 42.5 Å². The Morgan fingerprint density at radius 1 is 0.892 bits per heavy atom. The lowest BCUT2D eigenvalue weighted by molar-refractivity contribution is 0.101. The molecule has 8 nitrogen and oxygen atoms in total. The fraction of sp³-hybridized carbons (Fsp3) is 0.125. The summed E-state index contributed by atoms with van der Waals surface area (Å²) in [6, 6.07) is 8.25. The number of anilines is 1. The summed E-state index contributed by atoms with van der Waals surface area (Å²) in [5.41, 5.74) is -0.0689. The van der Waals surface area contributed by atoms with Gasteiger partial charge >= 0.3 is 0 Å². The standard InChI is InChI=1S/C24H17ClF4N4O4/c1-35-17-8-11(9-18(36-2)21(17)37-3)23-31-22(32-33(23)12-4-5-14(26)13(25)10-12)24(34)30-16-7-6-15(27)19(28)20(16)29/h4-10H,1-3H3,(H,30,34). The molecule has 3 aromatic carbocycles. The van der Waals surface area contributed by atoms with Gasteiger partial charge in [0.1, 0.15) is 5.82 Å². The third-order valence-corrected chi connectivity index (χ3v) is 5.45. The van der Waals surface area contributed by atoms with Crippen molar-refractivity contribution in [3.8, 4) is 34.3 Å². The summed E-state index contributed by atoms with van der Waals surface area (Å²) in [5, 5.41) is 6.04. The predicted octanol–water partition coefficient (Wildman–Crippen LogP) is 5.42. The van der Waals surface area contributed by atoms with E-state index in [-0.39, 0.29) is 33.8 Å². The van der Waals surface area contributed by atoms with Gasteiger partial charge in [-0.3, -0.25) is 4.79 Å². The van der Waals surface area contributed by atoms with Gasteiger partial charge in [-0.15, -0.1) is 5.10 Å². The second-order valence-electron chi connectivity index (χ2n) is 7.36. The van der Waals surface area contributed by atoms with Crippen LogP contribution in [-0.4, -0.2) is 42.0 Å². The first-order valence-corrected chi connectivity index (χ1v) is 10.7. The van der Waals surface area contributed by atoms with Gasteiger partial charge in [-0.1, -0.05) is 11.6 Å². The third kappa shape index (κ3) is 4.87. The largest absolute Gasteiger partial charge is 0.493 e. The lowest BCUT2D eigenvalue weighted by atomic mass is 10.1. The number of ether oxygens (including phenoxy) is 3. The van der Waals surface area contributed by atoms with Crippen LogP contribution in [0.1, 0.15) is 10.6 Å². The van der Waals surface area contributed by atoms with Crippen molar-refractivity contribution in [1.29, 1.82) is 0 Å². The van der Waals surface area contributed by atoms with Crippen LogP contribution >= 0.6 is 11.6 Å². The molecule has 4 rings (SSSR count). The number of methoxy groups -OCH3 is 3. The second-order valence-corrected chi connectivity index (χ2v) is 7.77. The number of aromatic nitrogens is 3. The van der Waals surface area contributed by atoms with Crippen LogP contribution in [0, 0.1) is 23.3 Å². The van der Waals surface area contributed by atoms with E-state index in [9.17, 15) is 22.4 Å². The van der Waals surface area contributed by atoms with Crippen LogP contribution in [0.15, 0.2) is 42.5 Å². The average molecular weight is 537 g/mol. The van der Waals surface area contributed by atoms with Gasteiger partial charge in [-0.25, -0.2) is 27.2 Å². The molecule has 0 aliphatic rings. The van der Waals surface area contributed by atoms with Crippen LogP contribution in [-0.2, 0) is 0 Å². The monoisotopic (exact) mass is 536 g/mol. The molecule has 0 unspecified atom stereocenters. The van der Waals surface area contributed by atoms with E-state index in [1.807, 2.05) is 0 Å². The molecule has 4 aromatic rings. The molecule has 0 saturated carbocycles. The van der Waals surface area contributed by atoms with Gasteiger partial charge in [0.05, 0.1) is 37.7 Å². The Balaban J connectivity index is 1.86. The Morgan fingerprint density at radius 3 is 2.14 bits per heavy atom. The summed E-state index contributed by atoms with van der Waals surface area (Å²) >= 11 is 5.94. The Bertz CT molecular complexity index is 1490. The Morgan fingerprint density at radius 2 is 1.54 bits per heavy atom. The fourth-order valence-electron chi connectivity index (χ4n) is 3.40. The van der Waals surface area contributed by atoms with Gasteiger partial charge in [0, 0.05) is 5.56 Å². The van der Waals surface area contributed by atoms with Crippen molar-refractivity contribution in [3.63, 3.8) is 0 Å². The highest BCUT2D eigenvalue weighted by molar-refractivity contribution is 6.30. The first kappa shape index (κ1) is 25.8. The minimum atomic E-state index is -1.75. The smallest absolute Gasteiger partial charge is 0.295 e. The molecule has 0 fully saturated rings. The number of carbonyl (C=O) groups is 1. The van der Waals surface area contributed by atoms with E-state index in [4.69, 9.17) is 25.8 Å². The summed E-state index contributed by atoms with van der Waals surface area (Å²) in [6.45, 7) is 0. The van der Waals surface area contributed by atoms with Gasteiger partial charge in [-0.2, -0.15) is 0 Å². The number of halogens is 5. The number of benzene rings is 3. The summed E-state index contributed by atoms with van der Waals surface area (Å²) < 4.78 is 72.0. The van der Waals surface area contributed by atoms with Gasteiger partial charge < -0.3 is 19.5 Å². The van der Waals surface area contributed by atoms with Crippen molar-refractivity contribution >= 4 is 23.2 Å². The molecular weight excluding hydrogens is 520 g/mol. The number of amides is 1. The molecule has 37 heavy (non-hydrogen) atoms. The Labute approximate surface area is 212 Å². The molecular formula is C24H17ClF4N4O4. The number of carbonyl (C=O) groups excluding carboxylic acids is 1. The molecule has 0 atom stereocenters. The molecule has 0 radical (unpaired) electrons. The van der Waals surface area contributed by atoms with Crippen LogP contribution in [0.5, 0.6) is 17.2 Å².